The number of anilines is 1. The molecule has 4 rings (SSSR count). The van der Waals surface area contributed by atoms with Crippen molar-refractivity contribution in [3.05, 3.63) is 29.8 Å². The molecule has 3 aliphatic heterocycles. The zero-order valence-corrected chi connectivity index (χ0v) is 14.1. The van der Waals surface area contributed by atoms with Crippen molar-refractivity contribution in [2.24, 2.45) is 5.41 Å². The summed E-state index contributed by atoms with van der Waals surface area (Å²) >= 11 is 0. The van der Waals surface area contributed by atoms with Gasteiger partial charge in [-0.15, -0.1) is 0 Å². The lowest BCUT2D eigenvalue weighted by atomic mass is 9.86. The summed E-state index contributed by atoms with van der Waals surface area (Å²) in [5.41, 5.74) is 1.25. The summed E-state index contributed by atoms with van der Waals surface area (Å²) in [6, 6.07) is 9.19. The summed E-state index contributed by atoms with van der Waals surface area (Å²) < 4.78 is 5.52. The van der Waals surface area contributed by atoms with Crippen LogP contribution in [0, 0.1) is 16.7 Å². The highest BCUT2D eigenvalue weighted by atomic mass is 16.5. The Balaban J connectivity index is 1.46. The van der Waals surface area contributed by atoms with Crippen molar-refractivity contribution < 1.29 is 14.3 Å². The Morgan fingerprint density at radius 1 is 1.28 bits per heavy atom. The van der Waals surface area contributed by atoms with Crippen LogP contribution in [0.1, 0.15) is 31.2 Å². The maximum absolute atomic E-state index is 12.6. The number of ether oxygens (including phenoxy) is 1. The molecule has 3 fully saturated rings. The van der Waals surface area contributed by atoms with Gasteiger partial charge in [0.05, 0.1) is 11.6 Å². The van der Waals surface area contributed by atoms with E-state index in [1.807, 2.05) is 17.0 Å². The molecule has 6 nitrogen and oxygen atoms in total. The standard InChI is InChI=1S/C19H21N3O3/c20-11-14-3-5-15(6-4-14)22-13-19(10-17(22)23)7-8-21(12-19)18(24)16-2-1-9-25-16/h3-6,16H,1-2,7-10,12-13H2/t16-,19+/m1/s1. The highest BCUT2D eigenvalue weighted by molar-refractivity contribution is 5.96. The fraction of sp³-hybridized carbons (Fsp3) is 0.526. The van der Waals surface area contributed by atoms with E-state index in [0.29, 0.717) is 38.2 Å². The zero-order valence-electron chi connectivity index (χ0n) is 14.1. The molecule has 6 heteroatoms. The van der Waals surface area contributed by atoms with Gasteiger partial charge in [0.15, 0.2) is 0 Å². The van der Waals surface area contributed by atoms with Crippen LogP contribution in [-0.2, 0) is 14.3 Å². The van der Waals surface area contributed by atoms with E-state index >= 15 is 0 Å². The van der Waals surface area contributed by atoms with Crippen molar-refractivity contribution in [3.63, 3.8) is 0 Å². The lowest BCUT2D eigenvalue weighted by molar-refractivity contribution is -0.140. The van der Waals surface area contributed by atoms with Crippen LogP contribution in [0.5, 0.6) is 0 Å². The second-order valence-corrected chi connectivity index (χ2v) is 7.33. The van der Waals surface area contributed by atoms with Crippen LogP contribution in [0.25, 0.3) is 0 Å². The number of likely N-dealkylation sites (tertiary alicyclic amines) is 1. The van der Waals surface area contributed by atoms with Gasteiger partial charge >= 0.3 is 0 Å². The molecule has 0 radical (unpaired) electrons. The first-order valence-corrected chi connectivity index (χ1v) is 8.81. The van der Waals surface area contributed by atoms with Gasteiger partial charge < -0.3 is 14.5 Å². The Kier molecular flexibility index (Phi) is 3.97. The number of carbonyl (C=O) groups excluding carboxylic acids is 2. The predicted molar refractivity (Wildman–Crippen MR) is 90.7 cm³/mol. The number of hydrogen-bond donors (Lipinski definition) is 0. The second-order valence-electron chi connectivity index (χ2n) is 7.33. The predicted octanol–water partition coefficient (Wildman–Crippen LogP) is 1.69. The van der Waals surface area contributed by atoms with E-state index in [1.54, 1.807) is 17.0 Å². The molecule has 0 aromatic heterocycles. The number of nitriles is 1. The molecule has 1 spiro atoms. The van der Waals surface area contributed by atoms with Crippen LogP contribution in [-0.4, -0.2) is 49.1 Å². The number of nitrogens with zero attached hydrogens (tertiary/aromatic N) is 3. The summed E-state index contributed by atoms with van der Waals surface area (Å²) in [7, 11) is 0. The first-order valence-electron chi connectivity index (χ1n) is 8.81. The first kappa shape index (κ1) is 16.1. The monoisotopic (exact) mass is 339 g/mol. The fourth-order valence-corrected chi connectivity index (χ4v) is 4.22. The molecule has 0 aliphatic carbocycles. The van der Waals surface area contributed by atoms with Crippen molar-refractivity contribution in [2.45, 2.75) is 31.8 Å². The quantitative estimate of drug-likeness (QED) is 0.822. The number of rotatable bonds is 2. The smallest absolute Gasteiger partial charge is 0.251 e. The average molecular weight is 339 g/mol. The van der Waals surface area contributed by atoms with E-state index in [1.165, 1.54) is 0 Å². The van der Waals surface area contributed by atoms with Crippen LogP contribution in [0.2, 0.25) is 0 Å². The van der Waals surface area contributed by atoms with E-state index in [9.17, 15) is 9.59 Å². The molecule has 0 N–H and O–H groups in total. The molecule has 0 saturated carbocycles. The third-order valence-corrected chi connectivity index (χ3v) is 5.58. The molecule has 0 bridgehead atoms. The number of benzene rings is 1. The lowest BCUT2D eigenvalue weighted by Crippen LogP contribution is -2.39. The molecule has 3 heterocycles. The van der Waals surface area contributed by atoms with Gasteiger partial charge in [0.25, 0.3) is 5.91 Å². The maximum Gasteiger partial charge on any atom is 0.251 e. The van der Waals surface area contributed by atoms with Gasteiger partial charge in [-0.3, -0.25) is 9.59 Å². The van der Waals surface area contributed by atoms with Gasteiger partial charge in [-0.05, 0) is 43.5 Å². The summed E-state index contributed by atoms with van der Waals surface area (Å²) in [5.74, 6) is 0.176. The van der Waals surface area contributed by atoms with E-state index in [4.69, 9.17) is 10.00 Å². The second kappa shape index (κ2) is 6.16. The van der Waals surface area contributed by atoms with E-state index in [0.717, 1.165) is 24.9 Å². The van der Waals surface area contributed by atoms with Gasteiger partial charge in [-0.25, -0.2) is 0 Å². The summed E-state index contributed by atoms with van der Waals surface area (Å²) in [5, 5.41) is 8.91. The summed E-state index contributed by atoms with van der Waals surface area (Å²) in [6.45, 7) is 2.63. The Bertz CT molecular complexity index is 733. The minimum absolute atomic E-state index is 0.0821. The molecule has 0 unspecified atom stereocenters. The SMILES string of the molecule is N#Cc1ccc(N2C[C@@]3(CCN(C(=O)[C@H]4CCCO4)C3)CC2=O)cc1. The van der Waals surface area contributed by atoms with E-state index in [-0.39, 0.29) is 23.3 Å². The Labute approximate surface area is 147 Å². The Morgan fingerprint density at radius 3 is 2.76 bits per heavy atom. The van der Waals surface area contributed by atoms with E-state index in [2.05, 4.69) is 6.07 Å². The third-order valence-electron chi connectivity index (χ3n) is 5.58. The first-order chi connectivity index (χ1) is 12.1. The topological polar surface area (TPSA) is 73.6 Å². The Morgan fingerprint density at radius 2 is 2.08 bits per heavy atom. The number of hydrogen-bond acceptors (Lipinski definition) is 4. The third kappa shape index (κ3) is 2.89. The molecule has 3 saturated heterocycles. The molecule has 1 aromatic carbocycles. The summed E-state index contributed by atoms with van der Waals surface area (Å²) in [6.07, 6.45) is 2.78. The average Bonchev–Trinajstić information content (AvgIpc) is 3.36. The minimum Gasteiger partial charge on any atom is -0.368 e. The summed E-state index contributed by atoms with van der Waals surface area (Å²) in [4.78, 5) is 28.8. The molecule has 130 valence electrons. The molecular formula is C19H21N3O3. The minimum atomic E-state index is -0.290. The van der Waals surface area contributed by atoms with Crippen LogP contribution in [0.4, 0.5) is 5.69 Å². The molecule has 25 heavy (non-hydrogen) atoms. The van der Waals surface area contributed by atoms with Gasteiger partial charge in [0, 0.05) is 43.8 Å². The molecular weight excluding hydrogens is 318 g/mol. The number of carbonyl (C=O) groups is 2. The Hall–Kier alpha value is -2.39. The zero-order chi connectivity index (χ0) is 17.4. The molecule has 1 aromatic rings. The lowest BCUT2D eigenvalue weighted by Gasteiger charge is -2.25. The van der Waals surface area contributed by atoms with Crippen molar-refractivity contribution in [1.82, 2.24) is 4.90 Å². The van der Waals surface area contributed by atoms with Crippen LogP contribution < -0.4 is 4.90 Å². The van der Waals surface area contributed by atoms with Crippen LogP contribution in [0.3, 0.4) is 0 Å². The normalized spacial score (nSPS) is 28.8. The highest BCUT2D eigenvalue weighted by Crippen LogP contribution is 2.42. The van der Waals surface area contributed by atoms with Gasteiger partial charge in [0.2, 0.25) is 5.91 Å². The van der Waals surface area contributed by atoms with Gasteiger partial charge in [-0.1, -0.05) is 0 Å². The molecule has 3 aliphatic rings. The van der Waals surface area contributed by atoms with Crippen molar-refractivity contribution in [1.29, 1.82) is 5.26 Å². The largest absolute Gasteiger partial charge is 0.368 e. The van der Waals surface area contributed by atoms with Crippen molar-refractivity contribution >= 4 is 17.5 Å². The fourth-order valence-electron chi connectivity index (χ4n) is 4.22. The maximum atomic E-state index is 12.6. The van der Waals surface area contributed by atoms with Crippen LogP contribution >= 0.6 is 0 Å². The van der Waals surface area contributed by atoms with E-state index < -0.39 is 0 Å². The molecule has 2 amide bonds. The number of amides is 2. The van der Waals surface area contributed by atoms with Crippen molar-refractivity contribution in [2.75, 3.05) is 31.1 Å². The van der Waals surface area contributed by atoms with Gasteiger partial charge in [-0.2, -0.15) is 5.26 Å². The van der Waals surface area contributed by atoms with Crippen LogP contribution in [0.15, 0.2) is 24.3 Å². The van der Waals surface area contributed by atoms with Crippen molar-refractivity contribution in [3.8, 4) is 6.07 Å². The molecule has 2 atom stereocenters. The van der Waals surface area contributed by atoms with Gasteiger partial charge in [0.1, 0.15) is 6.10 Å². The highest BCUT2D eigenvalue weighted by Gasteiger charge is 2.49.